The van der Waals surface area contributed by atoms with Crippen LogP contribution in [0.2, 0.25) is 0 Å². The minimum Gasteiger partial charge on any atom is -0.466 e. The van der Waals surface area contributed by atoms with Crippen molar-refractivity contribution >= 4 is 18.3 Å². The number of carbonyl (C=O) groups is 3. The minimum absolute atomic E-state index is 0.315. The summed E-state index contributed by atoms with van der Waals surface area (Å²) in [6.45, 7) is 13.1. The number of allylic oxidation sites excluding steroid dienone is 9. The fraction of sp³-hybridized carbons (Fsp3) is 0.462. The first-order valence-corrected chi connectivity index (χ1v) is 10.9. The Morgan fingerprint density at radius 2 is 1.85 bits per heavy atom. The van der Waals surface area contributed by atoms with Gasteiger partial charge in [0.25, 0.3) is 5.91 Å². The van der Waals surface area contributed by atoms with E-state index in [2.05, 4.69) is 12.6 Å². The Bertz CT molecular complexity index is 857. The number of imide groups is 1. The molecule has 0 spiro atoms. The van der Waals surface area contributed by atoms with Crippen molar-refractivity contribution < 1.29 is 19.1 Å². The molecule has 180 valence electrons. The third-order valence-corrected chi connectivity index (χ3v) is 5.21. The van der Waals surface area contributed by atoms with E-state index in [1.54, 1.807) is 26.8 Å². The lowest BCUT2D eigenvalue weighted by Gasteiger charge is -2.36. The van der Waals surface area contributed by atoms with Crippen LogP contribution in [-0.2, 0) is 19.1 Å². The van der Waals surface area contributed by atoms with Crippen molar-refractivity contribution in [3.05, 3.63) is 59.9 Å². The van der Waals surface area contributed by atoms with E-state index in [1.165, 1.54) is 13.0 Å². The zero-order valence-corrected chi connectivity index (χ0v) is 20.8. The fourth-order valence-electron chi connectivity index (χ4n) is 2.90. The van der Waals surface area contributed by atoms with Gasteiger partial charge in [-0.05, 0) is 72.2 Å². The highest BCUT2D eigenvalue weighted by Gasteiger charge is 2.36. The molecule has 0 heterocycles. The number of carbonyl (C=O) groups excluding carboxylic acids is 3. The van der Waals surface area contributed by atoms with E-state index in [9.17, 15) is 19.6 Å². The zero-order valence-electron chi connectivity index (χ0n) is 20.8. The maximum absolute atomic E-state index is 13.3. The van der Waals surface area contributed by atoms with E-state index >= 15 is 0 Å². The molecule has 7 nitrogen and oxygen atoms in total. The van der Waals surface area contributed by atoms with Crippen molar-refractivity contribution in [2.45, 2.75) is 59.4 Å². The van der Waals surface area contributed by atoms with E-state index in [0.29, 0.717) is 49.2 Å². The molecule has 0 saturated heterocycles. The topological polar surface area (TPSA) is 90.7 Å². The summed E-state index contributed by atoms with van der Waals surface area (Å²) in [6, 6.07) is 2.11. The van der Waals surface area contributed by atoms with Crippen LogP contribution in [0.15, 0.2) is 59.9 Å². The van der Waals surface area contributed by atoms with Gasteiger partial charge in [-0.1, -0.05) is 37.0 Å². The van der Waals surface area contributed by atoms with E-state index in [0.717, 1.165) is 11.3 Å². The van der Waals surface area contributed by atoms with Gasteiger partial charge in [0.15, 0.2) is 0 Å². The molecule has 0 atom stereocenters. The molecular weight excluding hydrogens is 418 g/mol. The molecule has 0 aliphatic carbocycles. The first-order valence-electron chi connectivity index (χ1n) is 10.9. The van der Waals surface area contributed by atoms with Crippen molar-refractivity contribution in [2.24, 2.45) is 0 Å². The summed E-state index contributed by atoms with van der Waals surface area (Å²) < 4.78 is 4.93. The second kappa shape index (κ2) is 15.5. The van der Waals surface area contributed by atoms with Crippen LogP contribution >= 0.6 is 0 Å². The molecule has 7 heteroatoms. The molecule has 0 N–H and O–H groups in total. The number of amides is 2. The Labute approximate surface area is 198 Å². The molecule has 0 aromatic rings. The largest absolute Gasteiger partial charge is 0.466 e. The predicted octanol–water partition coefficient (Wildman–Crippen LogP) is 4.46. The van der Waals surface area contributed by atoms with Crippen LogP contribution in [0.25, 0.3) is 0 Å². The number of hydrogen-bond donors (Lipinski definition) is 0. The summed E-state index contributed by atoms with van der Waals surface area (Å²) in [4.78, 5) is 38.9. The summed E-state index contributed by atoms with van der Waals surface area (Å²) >= 11 is 0. The average molecular weight is 456 g/mol. The maximum atomic E-state index is 13.3. The molecule has 0 fully saturated rings. The second-order valence-corrected chi connectivity index (χ2v) is 8.01. The quantitative estimate of drug-likeness (QED) is 0.126. The summed E-state index contributed by atoms with van der Waals surface area (Å²) in [5.41, 5.74) is 0.489. The molecule has 0 aromatic carbocycles. The van der Waals surface area contributed by atoms with E-state index in [-0.39, 0.29) is 11.9 Å². The van der Waals surface area contributed by atoms with Gasteiger partial charge >= 0.3 is 5.97 Å². The van der Waals surface area contributed by atoms with Crippen molar-refractivity contribution in [3.8, 4) is 6.07 Å². The van der Waals surface area contributed by atoms with Crippen molar-refractivity contribution in [1.29, 1.82) is 5.26 Å². The lowest BCUT2D eigenvalue weighted by atomic mass is 9.99. The Kier molecular flexibility index (Phi) is 14.0. The van der Waals surface area contributed by atoms with Crippen molar-refractivity contribution in [3.63, 3.8) is 0 Å². The van der Waals surface area contributed by atoms with Gasteiger partial charge in [0.2, 0.25) is 6.41 Å². The van der Waals surface area contributed by atoms with Crippen LogP contribution in [0.4, 0.5) is 0 Å². The van der Waals surface area contributed by atoms with Crippen LogP contribution in [0.3, 0.4) is 0 Å². The average Bonchev–Trinajstić information content (AvgIpc) is 2.76. The van der Waals surface area contributed by atoms with Gasteiger partial charge in [-0.15, -0.1) is 0 Å². The van der Waals surface area contributed by atoms with Gasteiger partial charge in [0.1, 0.15) is 0 Å². The third kappa shape index (κ3) is 10.3. The van der Waals surface area contributed by atoms with Gasteiger partial charge in [0, 0.05) is 12.6 Å². The lowest BCUT2D eigenvalue weighted by molar-refractivity contribution is -0.144. The van der Waals surface area contributed by atoms with Gasteiger partial charge < -0.3 is 4.74 Å². The predicted molar refractivity (Wildman–Crippen MR) is 131 cm³/mol. The Morgan fingerprint density at radius 1 is 1.18 bits per heavy atom. The smallest absolute Gasteiger partial charge is 0.302 e. The van der Waals surface area contributed by atoms with Gasteiger partial charge in [-0.25, -0.2) is 0 Å². The first-order chi connectivity index (χ1) is 15.6. The number of rotatable bonds is 14. The lowest BCUT2D eigenvalue weighted by Crippen LogP contribution is -2.54. The highest BCUT2D eigenvalue weighted by Crippen LogP contribution is 2.21. The standard InChI is InChI=1S/C26H37N3O4/c1-8-10-11-12-15-24(23(9-2)19-27)18-21(3)29(20-30)25(32)26(5,6)28(7)16-13-14-17-33-22(4)31/h8-12,18,20H,2,13-17H2,1,3-7H3/b10-8-,12-11?,21-18+,24-23+. The first kappa shape index (κ1) is 29.8. The number of esters is 1. The molecule has 0 rings (SSSR count). The molecule has 33 heavy (non-hydrogen) atoms. The highest BCUT2D eigenvalue weighted by atomic mass is 16.5. The van der Waals surface area contributed by atoms with E-state index in [4.69, 9.17) is 4.74 Å². The van der Waals surface area contributed by atoms with Crippen LogP contribution in [0.1, 0.15) is 53.9 Å². The molecule has 2 amide bonds. The summed E-state index contributed by atoms with van der Waals surface area (Å²) in [5, 5.41) is 9.44. The van der Waals surface area contributed by atoms with Gasteiger partial charge in [0.05, 0.1) is 23.8 Å². The monoisotopic (exact) mass is 455 g/mol. The molecule has 0 bridgehead atoms. The fourth-order valence-corrected chi connectivity index (χ4v) is 2.90. The maximum Gasteiger partial charge on any atom is 0.302 e. The number of unbranched alkanes of at least 4 members (excludes halogenated alkanes) is 1. The number of hydrogen-bond acceptors (Lipinski definition) is 6. The Hall–Kier alpha value is -3.24. The zero-order chi connectivity index (χ0) is 25.4. The highest BCUT2D eigenvalue weighted by molar-refractivity contribution is 5.94. The number of nitriles is 1. The third-order valence-electron chi connectivity index (χ3n) is 5.21. The molecule has 0 unspecified atom stereocenters. The van der Waals surface area contributed by atoms with Crippen molar-refractivity contribution in [2.75, 3.05) is 20.2 Å². The van der Waals surface area contributed by atoms with Crippen LogP contribution in [-0.4, -0.2) is 53.8 Å². The van der Waals surface area contributed by atoms with Crippen LogP contribution < -0.4 is 0 Å². The Morgan fingerprint density at radius 3 is 2.36 bits per heavy atom. The molecule has 0 radical (unpaired) electrons. The van der Waals surface area contributed by atoms with Gasteiger partial charge in [-0.3, -0.25) is 24.2 Å². The number of nitrogens with zero attached hydrogens (tertiary/aromatic N) is 3. The molecule has 0 aliphatic heterocycles. The molecule has 0 aromatic heterocycles. The molecule has 0 aliphatic rings. The van der Waals surface area contributed by atoms with E-state index < -0.39 is 5.54 Å². The Balaban J connectivity index is 5.61. The second-order valence-electron chi connectivity index (χ2n) is 8.01. The molecular formula is C26H37N3O4. The molecule has 0 saturated carbocycles. The minimum atomic E-state index is -0.955. The summed E-state index contributed by atoms with van der Waals surface area (Å²) in [5.74, 6) is -0.695. The number of ether oxygens (including phenoxy) is 1. The summed E-state index contributed by atoms with van der Waals surface area (Å²) in [6.07, 6.45) is 13.0. The van der Waals surface area contributed by atoms with E-state index in [1.807, 2.05) is 43.2 Å². The van der Waals surface area contributed by atoms with Crippen molar-refractivity contribution in [1.82, 2.24) is 9.80 Å². The number of likely N-dealkylation sites (N-methyl/N-ethyl adjacent to an activating group) is 1. The van der Waals surface area contributed by atoms with Gasteiger partial charge in [-0.2, -0.15) is 5.26 Å². The summed E-state index contributed by atoms with van der Waals surface area (Å²) in [7, 11) is 1.81. The SMILES string of the molecule is C=C/C(C#N)=C(\C=C(/C)N(C=O)C(=O)C(C)(C)N(C)CCCCOC(C)=O)CC=C/C=C\C. The van der Waals surface area contributed by atoms with Crippen LogP contribution in [0.5, 0.6) is 0 Å². The normalized spacial score (nSPS) is 13.1. The van der Waals surface area contributed by atoms with Crippen LogP contribution in [0, 0.1) is 11.3 Å².